The summed E-state index contributed by atoms with van der Waals surface area (Å²) in [7, 11) is 0. The third-order valence-electron chi connectivity index (χ3n) is 9.55. The number of para-hydroxylation sites is 2. The molecule has 8 nitrogen and oxygen atoms in total. The van der Waals surface area contributed by atoms with Crippen LogP contribution in [-0.4, -0.2) is 70.7 Å². The smallest absolute Gasteiger partial charge is 0.253 e. The third-order valence-corrected chi connectivity index (χ3v) is 9.87. The van der Waals surface area contributed by atoms with E-state index in [4.69, 9.17) is 16.3 Å². The molecule has 6 rings (SSSR count). The highest BCUT2D eigenvalue weighted by atomic mass is 35.5. The summed E-state index contributed by atoms with van der Waals surface area (Å²) >= 11 is 6.56. The van der Waals surface area contributed by atoms with Gasteiger partial charge in [0.05, 0.1) is 40.8 Å². The van der Waals surface area contributed by atoms with Gasteiger partial charge in [0.1, 0.15) is 11.6 Å². The Hall–Kier alpha value is -3.46. The number of likely N-dealkylation sites (tertiary alicyclic amines) is 1. The van der Waals surface area contributed by atoms with E-state index in [0.717, 1.165) is 5.69 Å². The number of ether oxygens (including phenoxy) is 1. The average Bonchev–Trinajstić information content (AvgIpc) is 3.25. The second-order valence-corrected chi connectivity index (χ2v) is 12.3. The van der Waals surface area contributed by atoms with Crippen molar-refractivity contribution in [2.24, 2.45) is 17.8 Å². The SMILES string of the molecule is CC[C@H](C)[C@H](CO)N1C(=O)[C@@H]2[C@H]3C(=O)N(c4ccccc4)CC=C[C@@]3(C)O[C@@]23C=CCN(c2ccccc2Cl)C(=O)C13. The zero-order valence-corrected chi connectivity index (χ0v) is 24.8. The summed E-state index contributed by atoms with van der Waals surface area (Å²) in [5.41, 5.74) is -1.32. The predicted molar refractivity (Wildman–Crippen MR) is 161 cm³/mol. The van der Waals surface area contributed by atoms with Crippen LogP contribution in [0.1, 0.15) is 27.2 Å². The van der Waals surface area contributed by atoms with Gasteiger partial charge in [0, 0.05) is 18.8 Å². The lowest BCUT2D eigenvalue weighted by Crippen LogP contribution is -2.60. The van der Waals surface area contributed by atoms with E-state index in [-0.39, 0.29) is 36.8 Å². The number of hydrogen-bond acceptors (Lipinski definition) is 5. The maximum absolute atomic E-state index is 14.7. The van der Waals surface area contributed by atoms with Crippen LogP contribution in [0.25, 0.3) is 0 Å². The van der Waals surface area contributed by atoms with Gasteiger partial charge in [0.2, 0.25) is 11.8 Å². The van der Waals surface area contributed by atoms with Crippen molar-refractivity contribution in [3.05, 3.63) is 83.9 Å². The minimum Gasteiger partial charge on any atom is -0.394 e. The summed E-state index contributed by atoms with van der Waals surface area (Å²) in [6.45, 7) is 6.00. The van der Waals surface area contributed by atoms with E-state index in [9.17, 15) is 19.5 Å². The molecule has 0 saturated carbocycles. The van der Waals surface area contributed by atoms with Crippen molar-refractivity contribution < 1.29 is 24.2 Å². The molecular weight excluding hydrogens is 554 g/mol. The van der Waals surface area contributed by atoms with E-state index in [1.165, 1.54) is 4.90 Å². The largest absolute Gasteiger partial charge is 0.394 e. The van der Waals surface area contributed by atoms with Crippen molar-refractivity contribution in [1.82, 2.24) is 4.90 Å². The van der Waals surface area contributed by atoms with Gasteiger partial charge in [0.15, 0.2) is 0 Å². The number of anilines is 2. The Morgan fingerprint density at radius 3 is 2.29 bits per heavy atom. The van der Waals surface area contributed by atoms with E-state index in [1.54, 1.807) is 28.0 Å². The van der Waals surface area contributed by atoms with E-state index in [2.05, 4.69) is 0 Å². The Kier molecular flexibility index (Phi) is 7.28. The maximum Gasteiger partial charge on any atom is 0.253 e. The van der Waals surface area contributed by atoms with Gasteiger partial charge in [-0.2, -0.15) is 0 Å². The normalized spacial score (nSPS) is 31.9. The maximum atomic E-state index is 14.7. The summed E-state index contributed by atoms with van der Waals surface area (Å²) in [5.74, 6) is -2.93. The quantitative estimate of drug-likeness (QED) is 0.510. The van der Waals surface area contributed by atoms with Crippen molar-refractivity contribution >= 4 is 40.7 Å². The van der Waals surface area contributed by atoms with Gasteiger partial charge < -0.3 is 24.5 Å². The van der Waals surface area contributed by atoms with Crippen LogP contribution in [0.15, 0.2) is 78.9 Å². The van der Waals surface area contributed by atoms with Crippen molar-refractivity contribution in [1.29, 1.82) is 0 Å². The Balaban J connectivity index is 1.52. The van der Waals surface area contributed by atoms with Crippen LogP contribution < -0.4 is 9.80 Å². The minimum absolute atomic E-state index is 0.111. The Morgan fingerprint density at radius 1 is 0.929 bits per heavy atom. The number of benzene rings is 2. The standard InChI is InChI=1S/C33H36ClN3O5/c1-4-21(2)25(20-38)37-28-31(41)36(24-15-9-8-14-23(24)34)19-11-17-33(28)27(30(37)40)26-29(39)35(22-12-6-5-7-13-22)18-10-16-32(26,3)42-33/h5-17,21,25-28,38H,4,18-20H2,1-3H3/t21-,25-,26-,27-,28?,32+,33-/m0/s1. The van der Waals surface area contributed by atoms with Crippen LogP contribution in [0.5, 0.6) is 0 Å². The Morgan fingerprint density at radius 2 is 1.60 bits per heavy atom. The Bertz CT molecular complexity index is 1460. The fourth-order valence-corrected chi connectivity index (χ4v) is 7.60. The van der Waals surface area contributed by atoms with Crippen molar-refractivity contribution in [2.75, 3.05) is 29.5 Å². The number of carbonyl (C=O) groups is 3. The second kappa shape index (κ2) is 10.7. The molecule has 1 unspecified atom stereocenters. The van der Waals surface area contributed by atoms with Crippen LogP contribution in [0.3, 0.4) is 0 Å². The molecule has 4 heterocycles. The molecule has 7 atom stereocenters. The molecule has 2 saturated heterocycles. The molecule has 9 heteroatoms. The Labute approximate surface area is 251 Å². The topological polar surface area (TPSA) is 90.4 Å². The fourth-order valence-electron chi connectivity index (χ4n) is 7.36. The molecule has 0 aromatic heterocycles. The number of fused-ring (bicyclic) bond motifs is 2. The summed E-state index contributed by atoms with van der Waals surface area (Å²) in [6, 6.07) is 14.7. The molecule has 0 aliphatic carbocycles. The van der Waals surface area contributed by atoms with E-state index in [0.29, 0.717) is 23.7 Å². The zero-order valence-electron chi connectivity index (χ0n) is 24.0. The van der Waals surface area contributed by atoms with Crippen LogP contribution in [0.2, 0.25) is 5.02 Å². The van der Waals surface area contributed by atoms with Crippen LogP contribution in [0, 0.1) is 17.8 Å². The van der Waals surface area contributed by atoms with Gasteiger partial charge in [-0.05, 0) is 37.1 Å². The monoisotopic (exact) mass is 589 g/mol. The molecular formula is C33H36ClN3O5. The van der Waals surface area contributed by atoms with Crippen molar-refractivity contribution in [2.45, 2.75) is 50.5 Å². The summed E-state index contributed by atoms with van der Waals surface area (Å²) in [6.07, 6.45) is 8.10. The molecule has 0 bridgehead atoms. The number of hydrogen-bond donors (Lipinski definition) is 1. The molecule has 42 heavy (non-hydrogen) atoms. The van der Waals surface area contributed by atoms with Crippen LogP contribution in [0.4, 0.5) is 11.4 Å². The summed E-state index contributed by atoms with van der Waals surface area (Å²) in [4.78, 5) is 48.7. The van der Waals surface area contributed by atoms with Crippen LogP contribution in [-0.2, 0) is 19.1 Å². The number of halogens is 1. The number of amides is 3. The van der Waals surface area contributed by atoms with Gasteiger partial charge in [-0.3, -0.25) is 14.4 Å². The molecule has 4 aliphatic heterocycles. The van der Waals surface area contributed by atoms with E-state index in [1.807, 2.05) is 81.5 Å². The lowest BCUT2D eigenvalue weighted by atomic mass is 9.74. The molecule has 0 radical (unpaired) electrons. The number of aliphatic hydroxyl groups excluding tert-OH is 1. The first-order valence-electron chi connectivity index (χ1n) is 14.6. The zero-order chi connectivity index (χ0) is 29.8. The molecule has 2 aromatic carbocycles. The summed E-state index contributed by atoms with van der Waals surface area (Å²) < 4.78 is 6.93. The first kappa shape index (κ1) is 28.6. The highest BCUT2D eigenvalue weighted by molar-refractivity contribution is 6.34. The molecule has 220 valence electrons. The first-order chi connectivity index (χ1) is 20.2. The number of nitrogens with zero attached hydrogens (tertiary/aromatic N) is 3. The molecule has 3 amide bonds. The third kappa shape index (κ3) is 4.14. The van der Waals surface area contributed by atoms with Crippen molar-refractivity contribution in [3.8, 4) is 0 Å². The van der Waals surface area contributed by atoms with E-state index >= 15 is 0 Å². The van der Waals surface area contributed by atoms with E-state index < -0.39 is 35.1 Å². The fraction of sp³-hybridized carbons (Fsp3) is 0.424. The van der Waals surface area contributed by atoms with Gasteiger partial charge in [-0.1, -0.05) is 86.5 Å². The lowest BCUT2D eigenvalue weighted by molar-refractivity contribution is -0.149. The lowest BCUT2D eigenvalue weighted by Gasteiger charge is -2.41. The number of rotatable bonds is 6. The molecule has 2 fully saturated rings. The second-order valence-electron chi connectivity index (χ2n) is 11.9. The minimum atomic E-state index is -1.43. The van der Waals surface area contributed by atoms with Gasteiger partial charge in [-0.15, -0.1) is 0 Å². The number of carbonyl (C=O) groups excluding carboxylic acids is 3. The van der Waals surface area contributed by atoms with Crippen molar-refractivity contribution in [3.63, 3.8) is 0 Å². The molecule has 2 aromatic rings. The van der Waals surface area contributed by atoms with Gasteiger partial charge >= 0.3 is 0 Å². The number of aliphatic hydroxyl groups is 1. The molecule has 1 spiro atoms. The highest BCUT2D eigenvalue weighted by Gasteiger charge is 2.75. The average molecular weight is 590 g/mol. The highest BCUT2D eigenvalue weighted by Crippen LogP contribution is 2.58. The first-order valence-corrected chi connectivity index (χ1v) is 15.0. The molecule has 1 N–H and O–H groups in total. The van der Waals surface area contributed by atoms with Gasteiger partial charge in [0.25, 0.3) is 5.91 Å². The predicted octanol–water partition coefficient (Wildman–Crippen LogP) is 4.22. The van der Waals surface area contributed by atoms with Crippen LogP contribution >= 0.6 is 11.6 Å². The summed E-state index contributed by atoms with van der Waals surface area (Å²) in [5, 5.41) is 11.0. The van der Waals surface area contributed by atoms with Gasteiger partial charge in [-0.25, -0.2) is 0 Å². The molecule has 4 aliphatic rings.